The Morgan fingerprint density at radius 2 is 2.15 bits per heavy atom. The van der Waals surface area contributed by atoms with Crippen molar-refractivity contribution in [3.05, 3.63) is 30.1 Å². The maximum absolute atomic E-state index is 11.6. The van der Waals surface area contributed by atoms with Crippen LogP contribution in [-0.4, -0.2) is 43.1 Å². The zero-order chi connectivity index (χ0) is 15.0. The standard InChI is InChI=1S/C13H21N3O3S/c1-3-10-20(18,19)15-8-9-16(12(2)17)11-13-6-4-5-7-14-13/h4-7,15H,3,8-11H2,1-2H3. The van der Waals surface area contributed by atoms with Crippen molar-refractivity contribution in [3.8, 4) is 0 Å². The highest BCUT2D eigenvalue weighted by Gasteiger charge is 2.12. The topological polar surface area (TPSA) is 79.4 Å². The van der Waals surface area contributed by atoms with E-state index in [9.17, 15) is 13.2 Å². The highest BCUT2D eigenvalue weighted by molar-refractivity contribution is 7.89. The number of pyridine rings is 1. The zero-order valence-corrected chi connectivity index (χ0v) is 12.7. The smallest absolute Gasteiger partial charge is 0.219 e. The van der Waals surface area contributed by atoms with Crippen molar-refractivity contribution in [2.75, 3.05) is 18.8 Å². The van der Waals surface area contributed by atoms with Crippen LogP contribution >= 0.6 is 0 Å². The Bertz CT molecular complexity index is 517. The molecule has 0 aliphatic heterocycles. The summed E-state index contributed by atoms with van der Waals surface area (Å²) in [6, 6.07) is 5.49. The second-order valence-electron chi connectivity index (χ2n) is 4.47. The molecular weight excluding hydrogens is 278 g/mol. The van der Waals surface area contributed by atoms with Crippen LogP contribution in [0.5, 0.6) is 0 Å². The molecular formula is C13H21N3O3S. The van der Waals surface area contributed by atoms with Crippen LogP contribution in [0.1, 0.15) is 26.0 Å². The number of rotatable bonds is 8. The fraction of sp³-hybridized carbons (Fsp3) is 0.538. The summed E-state index contributed by atoms with van der Waals surface area (Å²) < 4.78 is 25.5. The molecule has 0 aliphatic carbocycles. The molecule has 1 rings (SSSR count). The molecule has 1 amide bonds. The first kappa shape index (κ1) is 16.6. The van der Waals surface area contributed by atoms with E-state index in [0.29, 0.717) is 19.5 Å². The van der Waals surface area contributed by atoms with Crippen LogP contribution in [0, 0.1) is 0 Å². The molecule has 0 aromatic carbocycles. The monoisotopic (exact) mass is 299 g/mol. The van der Waals surface area contributed by atoms with Gasteiger partial charge in [0.1, 0.15) is 0 Å². The lowest BCUT2D eigenvalue weighted by molar-refractivity contribution is -0.129. The molecule has 20 heavy (non-hydrogen) atoms. The number of aromatic nitrogens is 1. The molecule has 0 bridgehead atoms. The van der Waals surface area contributed by atoms with E-state index in [1.165, 1.54) is 6.92 Å². The minimum Gasteiger partial charge on any atom is -0.336 e. The normalized spacial score (nSPS) is 11.3. The van der Waals surface area contributed by atoms with Gasteiger partial charge in [-0.05, 0) is 18.6 Å². The van der Waals surface area contributed by atoms with Gasteiger partial charge in [0.15, 0.2) is 0 Å². The Morgan fingerprint density at radius 3 is 2.70 bits per heavy atom. The average Bonchev–Trinajstić information content (AvgIpc) is 2.38. The Balaban J connectivity index is 2.50. The van der Waals surface area contributed by atoms with E-state index in [-0.39, 0.29) is 18.2 Å². The van der Waals surface area contributed by atoms with Crippen LogP contribution in [0.15, 0.2) is 24.4 Å². The highest BCUT2D eigenvalue weighted by Crippen LogP contribution is 2.01. The van der Waals surface area contributed by atoms with Gasteiger partial charge < -0.3 is 4.90 Å². The third kappa shape index (κ3) is 6.12. The molecule has 0 saturated heterocycles. The van der Waals surface area contributed by atoms with Gasteiger partial charge in [-0.1, -0.05) is 13.0 Å². The minimum absolute atomic E-state index is 0.104. The van der Waals surface area contributed by atoms with Gasteiger partial charge in [-0.3, -0.25) is 9.78 Å². The van der Waals surface area contributed by atoms with Crippen molar-refractivity contribution in [1.82, 2.24) is 14.6 Å². The molecule has 1 N–H and O–H groups in total. The number of sulfonamides is 1. The molecule has 0 atom stereocenters. The summed E-state index contributed by atoms with van der Waals surface area (Å²) in [5, 5.41) is 0. The SMILES string of the molecule is CCCS(=O)(=O)NCCN(Cc1ccccn1)C(C)=O. The summed E-state index contributed by atoms with van der Waals surface area (Å²) in [7, 11) is -3.23. The molecule has 6 nitrogen and oxygen atoms in total. The van der Waals surface area contributed by atoms with E-state index >= 15 is 0 Å². The summed E-state index contributed by atoms with van der Waals surface area (Å²) in [6.45, 7) is 4.20. The van der Waals surface area contributed by atoms with Crippen LogP contribution in [0.25, 0.3) is 0 Å². The van der Waals surface area contributed by atoms with Gasteiger partial charge in [-0.25, -0.2) is 13.1 Å². The van der Waals surface area contributed by atoms with Crippen LogP contribution < -0.4 is 4.72 Å². The first-order valence-corrected chi connectivity index (χ1v) is 8.22. The van der Waals surface area contributed by atoms with Gasteiger partial charge in [0.25, 0.3) is 0 Å². The third-order valence-electron chi connectivity index (χ3n) is 2.70. The largest absolute Gasteiger partial charge is 0.336 e. The van der Waals surface area contributed by atoms with E-state index in [2.05, 4.69) is 9.71 Å². The van der Waals surface area contributed by atoms with Crippen molar-refractivity contribution in [2.24, 2.45) is 0 Å². The van der Waals surface area contributed by atoms with Crippen LogP contribution in [0.3, 0.4) is 0 Å². The predicted octanol–water partition coefficient (Wildman–Crippen LogP) is 0.759. The number of carbonyl (C=O) groups excluding carboxylic acids is 1. The van der Waals surface area contributed by atoms with Gasteiger partial charge in [0, 0.05) is 26.2 Å². The Kier molecular flexibility index (Phi) is 6.60. The lowest BCUT2D eigenvalue weighted by Gasteiger charge is -2.20. The Hall–Kier alpha value is -1.47. The summed E-state index contributed by atoms with van der Waals surface area (Å²) in [6.07, 6.45) is 2.23. The molecule has 1 heterocycles. The molecule has 0 saturated carbocycles. The van der Waals surface area contributed by atoms with Gasteiger partial charge >= 0.3 is 0 Å². The number of nitrogens with one attached hydrogen (secondary N) is 1. The van der Waals surface area contributed by atoms with E-state index in [4.69, 9.17) is 0 Å². The molecule has 0 radical (unpaired) electrons. The fourth-order valence-electron chi connectivity index (χ4n) is 1.71. The molecule has 0 aliphatic rings. The average molecular weight is 299 g/mol. The number of amides is 1. The first-order chi connectivity index (χ1) is 9.44. The number of hydrogen-bond donors (Lipinski definition) is 1. The maximum atomic E-state index is 11.6. The Labute approximate surface area is 120 Å². The molecule has 0 spiro atoms. The van der Waals surface area contributed by atoms with Crippen LogP contribution in [-0.2, 0) is 21.4 Å². The van der Waals surface area contributed by atoms with E-state index in [0.717, 1.165) is 5.69 Å². The molecule has 1 aromatic rings. The lowest BCUT2D eigenvalue weighted by atomic mass is 10.3. The molecule has 0 unspecified atom stereocenters. The van der Waals surface area contributed by atoms with Crippen LogP contribution in [0.4, 0.5) is 0 Å². The number of carbonyl (C=O) groups is 1. The Morgan fingerprint density at radius 1 is 1.40 bits per heavy atom. The fourth-order valence-corrected chi connectivity index (χ4v) is 2.80. The lowest BCUT2D eigenvalue weighted by Crippen LogP contribution is -2.37. The molecule has 0 fully saturated rings. The predicted molar refractivity (Wildman–Crippen MR) is 77.4 cm³/mol. The van der Waals surface area contributed by atoms with Crippen molar-refractivity contribution < 1.29 is 13.2 Å². The van der Waals surface area contributed by atoms with Gasteiger partial charge in [-0.2, -0.15) is 0 Å². The van der Waals surface area contributed by atoms with E-state index in [1.807, 2.05) is 19.1 Å². The quantitative estimate of drug-likeness (QED) is 0.768. The van der Waals surface area contributed by atoms with Crippen LogP contribution in [0.2, 0.25) is 0 Å². The summed E-state index contributed by atoms with van der Waals surface area (Å²) >= 11 is 0. The highest BCUT2D eigenvalue weighted by atomic mass is 32.2. The van der Waals surface area contributed by atoms with Gasteiger partial charge in [0.05, 0.1) is 18.0 Å². The maximum Gasteiger partial charge on any atom is 0.219 e. The minimum atomic E-state index is -3.23. The molecule has 7 heteroatoms. The van der Waals surface area contributed by atoms with Crippen molar-refractivity contribution in [2.45, 2.75) is 26.8 Å². The van der Waals surface area contributed by atoms with E-state index < -0.39 is 10.0 Å². The first-order valence-electron chi connectivity index (χ1n) is 6.57. The second kappa shape index (κ2) is 7.96. The summed E-state index contributed by atoms with van der Waals surface area (Å²) in [5.74, 6) is -0.00169. The van der Waals surface area contributed by atoms with Gasteiger partial charge in [0.2, 0.25) is 15.9 Å². The zero-order valence-electron chi connectivity index (χ0n) is 11.9. The third-order valence-corrected chi connectivity index (χ3v) is 4.29. The van der Waals surface area contributed by atoms with Crippen molar-refractivity contribution in [3.63, 3.8) is 0 Å². The number of hydrogen-bond acceptors (Lipinski definition) is 4. The summed E-state index contributed by atoms with van der Waals surface area (Å²) in [4.78, 5) is 17.3. The van der Waals surface area contributed by atoms with E-state index in [1.54, 1.807) is 17.2 Å². The summed E-state index contributed by atoms with van der Waals surface area (Å²) in [5.41, 5.74) is 0.777. The van der Waals surface area contributed by atoms with Crippen molar-refractivity contribution >= 4 is 15.9 Å². The second-order valence-corrected chi connectivity index (χ2v) is 6.40. The van der Waals surface area contributed by atoms with Gasteiger partial charge in [-0.15, -0.1) is 0 Å². The number of nitrogens with zero attached hydrogens (tertiary/aromatic N) is 2. The molecule has 112 valence electrons. The van der Waals surface area contributed by atoms with Crippen molar-refractivity contribution in [1.29, 1.82) is 0 Å². The molecule has 1 aromatic heterocycles.